The minimum absolute atomic E-state index is 0.0934. The molecule has 1 aromatic rings. The van der Waals surface area contributed by atoms with Crippen molar-refractivity contribution in [2.45, 2.75) is 45.3 Å². The summed E-state index contributed by atoms with van der Waals surface area (Å²) in [6, 6.07) is 7.94. The summed E-state index contributed by atoms with van der Waals surface area (Å²) in [4.78, 5) is 17.2. The molecule has 0 radical (unpaired) electrons. The van der Waals surface area contributed by atoms with Gasteiger partial charge in [-0.05, 0) is 49.4 Å². The number of ether oxygens (including phenoxy) is 1. The van der Waals surface area contributed by atoms with E-state index in [0.29, 0.717) is 5.92 Å². The first kappa shape index (κ1) is 14.4. The first-order chi connectivity index (χ1) is 10.1. The minimum atomic E-state index is 0.0934. The minimum Gasteiger partial charge on any atom is -0.497 e. The van der Waals surface area contributed by atoms with Gasteiger partial charge in [0, 0.05) is 12.2 Å². The fraction of sp³-hybridized carbons (Fsp3) is 0.588. The number of fused-ring (bicyclic) bond motifs is 1. The van der Waals surface area contributed by atoms with Crippen molar-refractivity contribution in [2.24, 2.45) is 5.92 Å². The third-order valence-corrected chi connectivity index (χ3v) is 4.53. The lowest BCUT2D eigenvalue weighted by molar-refractivity contribution is -0.119. The van der Waals surface area contributed by atoms with Crippen LogP contribution in [0.3, 0.4) is 0 Å². The Labute approximate surface area is 126 Å². The number of benzene rings is 1. The predicted octanol–water partition coefficient (Wildman–Crippen LogP) is 2.88. The van der Waals surface area contributed by atoms with Gasteiger partial charge in [-0.3, -0.25) is 14.6 Å². The highest BCUT2D eigenvalue weighted by atomic mass is 16.5. The van der Waals surface area contributed by atoms with Gasteiger partial charge in [0.05, 0.1) is 19.3 Å². The van der Waals surface area contributed by atoms with Crippen molar-refractivity contribution in [3.8, 4) is 5.75 Å². The van der Waals surface area contributed by atoms with Crippen LogP contribution in [-0.2, 0) is 4.79 Å². The third-order valence-electron chi connectivity index (χ3n) is 4.53. The Bertz CT molecular complexity index is 512. The standard InChI is InChI=1S/C17H24N2O2/c1-12(2)11-16-18-10-4-5-15(18)17(20)19(16)13-6-8-14(21-3)9-7-13/h6-9,12,15-16H,4-5,10-11H2,1-3H3/t15-,16-/m0/s1. The molecule has 4 heteroatoms. The smallest absolute Gasteiger partial charge is 0.245 e. The largest absolute Gasteiger partial charge is 0.497 e. The molecule has 0 unspecified atom stereocenters. The maximum atomic E-state index is 12.8. The van der Waals surface area contributed by atoms with Crippen molar-refractivity contribution in [1.82, 2.24) is 4.90 Å². The Kier molecular flexibility index (Phi) is 3.89. The number of carbonyl (C=O) groups excluding carboxylic acids is 1. The van der Waals surface area contributed by atoms with Crippen LogP contribution in [-0.4, -0.2) is 36.7 Å². The van der Waals surface area contributed by atoms with E-state index in [4.69, 9.17) is 4.74 Å². The molecule has 0 aliphatic carbocycles. The van der Waals surface area contributed by atoms with Crippen LogP contribution in [0.5, 0.6) is 5.75 Å². The molecular formula is C17H24N2O2. The Hall–Kier alpha value is -1.55. The molecule has 0 spiro atoms. The van der Waals surface area contributed by atoms with E-state index in [1.54, 1.807) is 7.11 Å². The van der Waals surface area contributed by atoms with E-state index in [-0.39, 0.29) is 18.1 Å². The summed E-state index contributed by atoms with van der Waals surface area (Å²) in [6.07, 6.45) is 3.37. The number of hydrogen-bond donors (Lipinski definition) is 0. The number of rotatable bonds is 4. The van der Waals surface area contributed by atoms with E-state index >= 15 is 0 Å². The average molecular weight is 288 g/mol. The molecule has 2 aliphatic rings. The van der Waals surface area contributed by atoms with Crippen molar-refractivity contribution < 1.29 is 9.53 Å². The van der Waals surface area contributed by atoms with E-state index in [9.17, 15) is 4.79 Å². The van der Waals surface area contributed by atoms with Gasteiger partial charge in [-0.1, -0.05) is 13.8 Å². The van der Waals surface area contributed by atoms with Crippen molar-refractivity contribution in [1.29, 1.82) is 0 Å². The lowest BCUT2D eigenvalue weighted by Gasteiger charge is -2.30. The van der Waals surface area contributed by atoms with E-state index in [1.165, 1.54) is 0 Å². The Morgan fingerprint density at radius 3 is 2.62 bits per heavy atom. The van der Waals surface area contributed by atoms with E-state index in [0.717, 1.165) is 37.2 Å². The number of nitrogens with zero attached hydrogens (tertiary/aromatic N) is 2. The van der Waals surface area contributed by atoms with Crippen molar-refractivity contribution >= 4 is 11.6 Å². The van der Waals surface area contributed by atoms with Gasteiger partial charge in [-0.25, -0.2) is 0 Å². The molecule has 21 heavy (non-hydrogen) atoms. The molecular weight excluding hydrogens is 264 g/mol. The van der Waals surface area contributed by atoms with Gasteiger partial charge >= 0.3 is 0 Å². The summed E-state index contributed by atoms with van der Waals surface area (Å²) in [5, 5.41) is 0. The van der Waals surface area contributed by atoms with E-state index in [2.05, 4.69) is 18.7 Å². The number of anilines is 1. The van der Waals surface area contributed by atoms with Crippen LogP contribution in [0.15, 0.2) is 24.3 Å². The monoisotopic (exact) mass is 288 g/mol. The quantitative estimate of drug-likeness (QED) is 0.854. The normalized spacial score (nSPS) is 25.7. The molecule has 2 atom stereocenters. The van der Waals surface area contributed by atoms with Crippen LogP contribution in [0.25, 0.3) is 0 Å². The van der Waals surface area contributed by atoms with Crippen LogP contribution >= 0.6 is 0 Å². The van der Waals surface area contributed by atoms with Crippen molar-refractivity contribution in [2.75, 3.05) is 18.6 Å². The molecule has 114 valence electrons. The Morgan fingerprint density at radius 2 is 2.00 bits per heavy atom. The Morgan fingerprint density at radius 1 is 1.29 bits per heavy atom. The lowest BCUT2D eigenvalue weighted by Crippen LogP contribution is -2.40. The average Bonchev–Trinajstić information content (AvgIpc) is 3.03. The van der Waals surface area contributed by atoms with Crippen LogP contribution in [0.1, 0.15) is 33.1 Å². The fourth-order valence-electron chi connectivity index (χ4n) is 3.57. The number of hydrogen-bond acceptors (Lipinski definition) is 3. The summed E-state index contributed by atoms with van der Waals surface area (Å²) < 4.78 is 5.21. The van der Waals surface area contributed by atoms with Gasteiger partial charge in [0.25, 0.3) is 0 Å². The number of methoxy groups -OCH3 is 1. The molecule has 0 N–H and O–H groups in total. The van der Waals surface area contributed by atoms with E-state index in [1.807, 2.05) is 29.2 Å². The zero-order valence-electron chi connectivity index (χ0n) is 13.1. The highest BCUT2D eigenvalue weighted by Gasteiger charge is 2.48. The predicted molar refractivity (Wildman–Crippen MR) is 83.5 cm³/mol. The molecule has 2 heterocycles. The molecule has 2 saturated heterocycles. The second-order valence-corrected chi connectivity index (χ2v) is 6.41. The molecule has 1 amide bonds. The molecule has 4 nitrogen and oxygen atoms in total. The molecule has 2 fully saturated rings. The first-order valence-electron chi connectivity index (χ1n) is 7.84. The topological polar surface area (TPSA) is 32.8 Å². The first-order valence-corrected chi connectivity index (χ1v) is 7.84. The highest BCUT2D eigenvalue weighted by molar-refractivity contribution is 6.00. The number of amides is 1. The molecule has 1 aromatic carbocycles. The van der Waals surface area contributed by atoms with Crippen molar-refractivity contribution in [3.05, 3.63) is 24.3 Å². The highest BCUT2D eigenvalue weighted by Crippen LogP contribution is 2.37. The summed E-state index contributed by atoms with van der Waals surface area (Å²) >= 11 is 0. The Balaban J connectivity index is 1.91. The lowest BCUT2D eigenvalue weighted by atomic mass is 10.1. The molecule has 3 rings (SSSR count). The molecule has 0 saturated carbocycles. The van der Waals surface area contributed by atoms with Gasteiger partial charge in [-0.15, -0.1) is 0 Å². The summed E-state index contributed by atoms with van der Waals surface area (Å²) in [5.41, 5.74) is 0.987. The SMILES string of the molecule is COc1ccc(N2C(=O)[C@@H]3CCCN3[C@@H]2CC(C)C)cc1. The van der Waals surface area contributed by atoms with Gasteiger partial charge in [0.2, 0.25) is 5.91 Å². The second-order valence-electron chi connectivity index (χ2n) is 6.41. The summed E-state index contributed by atoms with van der Waals surface area (Å²) in [6.45, 7) is 5.49. The molecule has 0 aromatic heterocycles. The van der Waals surface area contributed by atoms with Crippen molar-refractivity contribution in [3.63, 3.8) is 0 Å². The van der Waals surface area contributed by atoms with Crippen LogP contribution in [0, 0.1) is 5.92 Å². The molecule has 0 bridgehead atoms. The maximum absolute atomic E-state index is 12.8. The summed E-state index contributed by atoms with van der Waals surface area (Å²) in [5.74, 6) is 1.66. The third kappa shape index (κ3) is 2.53. The second kappa shape index (κ2) is 5.68. The van der Waals surface area contributed by atoms with Crippen LogP contribution in [0.2, 0.25) is 0 Å². The zero-order chi connectivity index (χ0) is 15.0. The fourth-order valence-corrected chi connectivity index (χ4v) is 3.57. The number of carbonyl (C=O) groups is 1. The van der Waals surface area contributed by atoms with Gasteiger partial charge < -0.3 is 4.74 Å². The van der Waals surface area contributed by atoms with Gasteiger partial charge in [0.1, 0.15) is 5.75 Å². The summed E-state index contributed by atoms with van der Waals surface area (Å²) in [7, 11) is 1.66. The van der Waals surface area contributed by atoms with Crippen LogP contribution in [0.4, 0.5) is 5.69 Å². The zero-order valence-corrected chi connectivity index (χ0v) is 13.1. The van der Waals surface area contributed by atoms with E-state index < -0.39 is 0 Å². The maximum Gasteiger partial charge on any atom is 0.245 e. The van der Waals surface area contributed by atoms with Crippen LogP contribution < -0.4 is 9.64 Å². The van der Waals surface area contributed by atoms with Gasteiger partial charge in [0.15, 0.2) is 0 Å². The molecule has 2 aliphatic heterocycles. The van der Waals surface area contributed by atoms with Gasteiger partial charge in [-0.2, -0.15) is 0 Å².